The molecule has 5 nitrogen and oxygen atoms in total. The van der Waals surface area contributed by atoms with Crippen molar-refractivity contribution in [2.45, 2.75) is 12.5 Å². The highest BCUT2D eigenvalue weighted by Crippen LogP contribution is 2.41. The summed E-state index contributed by atoms with van der Waals surface area (Å²) in [5, 5.41) is 0.118. The number of halogens is 1. The highest BCUT2D eigenvalue weighted by molar-refractivity contribution is 9.09. The number of nitrogens with zero attached hydrogens (tertiary/aromatic N) is 1. The number of amides is 2. The Morgan fingerprint density at radius 2 is 1.78 bits per heavy atom. The van der Waals surface area contributed by atoms with Crippen LogP contribution in [0.2, 0.25) is 0 Å². The van der Waals surface area contributed by atoms with Gasteiger partial charge < -0.3 is 10.5 Å². The summed E-state index contributed by atoms with van der Waals surface area (Å²) in [5.41, 5.74) is 8.62. The van der Waals surface area contributed by atoms with Gasteiger partial charge in [-0.1, -0.05) is 52.3 Å². The van der Waals surface area contributed by atoms with Crippen LogP contribution in [-0.2, 0) is 16.0 Å². The van der Waals surface area contributed by atoms with Crippen LogP contribution in [0, 0.1) is 0 Å². The first kappa shape index (κ1) is 15.6. The molecule has 0 spiro atoms. The molecule has 1 aliphatic heterocycles. The van der Waals surface area contributed by atoms with Crippen molar-refractivity contribution in [2.24, 2.45) is 5.73 Å². The number of carbonyl (C=O) groups is 2. The molecule has 6 heteroatoms. The van der Waals surface area contributed by atoms with Crippen LogP contribution in [0.25, 0.3) is 0 Å². The number of urea groups is 1. The number of alkyl halides is 1. The number of ether oxygens (including phenoxy) is 1. The molecule has 1 heterocycles. The van der Waals surface area contributed by atoms with Crippen molar-refractivity contribution in [3.63, 3.8) is 0 Å². The quantitative estimate of drug-likeness (QED) is 0.646. The molecule has 0 saturated heterocycles. The van der Waals surface area contributed by atoms with Crippen molar-refractivity contribution < 1.29 is 14.3 Å². The largest absolute Gasteiger partial charge is 0.456 e. The van der Waals surface area contributed by atoms with Gasteiger partial charge in [0.1, 0.15) is 11.4 Å². The topological polar surface area (TPSA) is 72.6 Å². The van der Waals surface area contributed by atoms with Gasteiger partial charge in [0.05, 0.1) is 11.4 Å². The minimum Gasteiger partial charge on any atom is -0.456 e. The van der Waals surface area contributed by atoms with Crippen molar-refractivity contribution in [1.29, 1.82) is 0 Å². The third-order valence-electron chi connectivity index (χ3n) is 3.77. The number of fused-ring (bicyclic) bond motifs is 2. The summed E-state index contributed by atoms with van der Waals surface area (Å²) in [5.74, 6) is -0.352. The number of carbonyl (C=O) groups excluding carboxylic acids is 2. The first-order valence-corrected chi connectivity index (χ1v) is 8.26. The number of primary amides is 1. The lowest BCUT2D eigenvalue weighted by Crippen LogP contribution is -2.32. The Balaban J connectivity index is 2.18. The lowest BCUT2D eigenvalue weighted by Gasteiger charge is -2.23. The second kappa shape index (κ2) is 6.42. The van der Waals surface area contributed by atoms with Gasteiger partial charge in [0.2, 0.25) is 0 Å². The molecule has 2 amide bonds. The first-order valence-electron chi connectivity index (χ1n) is 7.13. The fourth-order valence-electron chi connectivity index (χ4n) is 2.84. The third kappa shape index (κ3) is 2.94. The van der Waals surface area contributed by atoms with Crippen molar-refractivity contribution in [3.8, 4) is 0 Å². The smallest absolute Gasteiger partial charge is 0.323 e. The first-order chi connectivity index (χ1) is 11.1. The van der Waals surface area contributed by atoms with E-state index >= 15 is 0 Å². The zero-order chi connectivity index (χ0) is 16.4. The van der Waals surface area contributed by atoms with Gasteiger partial charge in [-0.05, 0) is 17.7 Å². The monoisotopic (exact) mass is 374 g/mol. The Morgan fingerprint density at radius 3 is 2.48 bits per heavy atom. The van der Waals surface area contributed by atoms with E-state index in [2.05, 4.69) is 15.9 Å². The molecule has 0 unspecified atom stereocenters. The minimum atomic E-state index is -0.572. The van der Waals surface area contributed by atoms with Crippen LogP contribution in [0.15, 0.2) is 48.5 Å². The summed E-state index contributed by atoms with van der Waals surface area (Å²) in [6.07, 6.45) is 0.0112. The van der Waals surface area contributed by atoms with E-state index in [0.29, 0.717) is 17.8 Å². The third-order valence-corrected chi connectivity index (χ3v) is 4.22. The van der Waals surface area contributed by atoms with Crippen LogP contribution in [0.4, 0.5) is 16.2 Å². The molecule has 1 atom stereocenters. The van der Waals surface area contributed by atoms with E-state index in [-0.39, 0.29) is 11.3 Å². The summed E-state index contributed by atoms with van der Waals surface area (Å²) >= 11 is 3.11. The fraction of sp³-hybridized carbons (Fsp3) is 0.176. The van der Waals surface area contributed by atoms with E-state index in [1.54, 1.807) is 6.07 Å². The van der Waals surface area contributed by atoms with E-state index in [9.17, 15) is 9.59 Å². The number of nitrogens with two attached hydrogens (primary N) is 1. The number of esters is 1. The maximum atomic E-state index is 12.1. The van der Waals surface area contributed by atoms with Gasteiger partial charge in [-0.15, -0.1) is 0 Å². The summed E-state index contributed by atoms with van der Waals surface area (Å²) in [6, 6.07) is 14.2. The van der Waals surface area contributed by atoms with E-state index in [1.165, 1.54) is 4.90 Å². The molecule has 0 radical (unpaired) electrons. The van der Waals surface area contributed by atoms with E-state index < -0.39 is 12.1 Å². The van der Waals surface area contributed by atoms with Gasteiger partial charge in [-0.3, -0.25) is 9.69 Å². The highest BCUT2D eigenvalue weighted by atomic mass is 79.9. The Bertz CT molecular complexity index is 763. The average molecular weight is 375 g/mol. The normalized spacial score (nSPS) is 16.0. The SMILES string of the molecule is NC(=O)N1c2ccccc2C[C@H](OC(=O)CBr)c2ccccc21. The van der Waals surface area contributed by atoms with Crippen molar-refractivity contribution >= 4 is 39.3 Å². The highest BCUT2D eigenvalue weighted by Gasteiger charge is 2.30. The van der Waals surface area contributed by atoms with Gasteiger partial charge in [0, 0.05) is 12.0 Å². The molecule has 0 aromatic heterocycles. The maximum absolute atomic E-state index is 12.1. The number of hydrogen-bond acceptors (Lipinski definition) is 3. The van der Waals surface area contributed by atoms with Gasteiger partial charge >= 0.3 is 12.0 Å². The zero-order valence-corrected chi connectivity index (χ0v) is 13.8. The number of rotatable bonds is 2. The molecule has 0 aliphatic carbocycles. The van der Waals surface area contributed by atoms with Crippen LogP contribution in [0.1, 0.15) is 17.2 Å². The molecule has 2 aromatic carbocycles. The van der Waals surface area contributed by atoms with Gasteiger partial charge in [-0.25, -0.2) is 4.79 Å². The van der Waals surface area contributed by atoms with E-state index in [0.717, 1.165) is 11.1 Å². The Hall–Kier alpha value is -2.34. The Morgan fingerprint density at radius 1 is 1.13 bits per heavy atom. The molecule has 0 fully saturated rings. The second-order valence-corrected chi connectivity index (χ2v) is 5.74. The number of benzene rings is 2. The Labute approximate surface area is 142 Å². The Kier molecular flexibility index (Phi) is 4.34. The molecular formula is C17H15BrN2O3. The molecule has 2 aromatic rings. The van der Waals surface area contributed by atoms with E-state index in [1.807, 2.05) is 42.5 Å². The standard InChI is InChI=1S/C17H15BrN2O3/c18-10-16(21)23-15-9-11-5-1-3-7-13(11)20(17(19)22)14-8-4-2-6-12(14)15/h1-8,15H,9-10H2,(H2,19,22)/t15-/m0/s1. The second-order valence-electron chi connectivity index (χ2n) is 5.18. The van der Waals surface area contributed by atoms with Crippen molar-refractivity contribution in [2.75, 3.05) is 10.2 Å². The van der Waals surface area contributed by atoms with Gasteiger partial charge in [0.25, 0.3) is 0 Å². The van der Waals surface area contributed by atoms with Gasteiger partial charge in [0.15, 0.2) is 0 Å². The fourth-order valence-corrected chi connectivity index (χ4v) is 2.97. The van der Waals surface area contributed by atoms with Crippen LogP contribution < -0.4 is 10.6 Å². The van der Waals surface area contributed by atoms with Crippen LogP contribution in [-0.4, -0.2) is 17.3 Å². The predicted octanol–water partition coefficient (Wildman–Crippen LogP) is 3.44. The molecule has 3 rings (SSSR count). The van der Waals surface area contributed by atoms with Crippen LogP contribution >= 0.6 is 15.9 Å². The van der Waals surface area contributed by atoms with Crippen molar-refractivity contribution in [1.82, 2.24) is 0 Å². The number of para-hydroxylation sites is 2. The number of anilines is 2. The molecule has 23 heavy (non-hydrogen) atoms. The molecule has 0 bridgehead atoms. The lowest BCUT2D eigenvalue weighted by atomic mass is 10.0. The predicted molar refractivity (Wildman–Crippen MR) is 90.9 cm³/mol. The molecule has 118 valence electrons. The summed E-state index contributed by atoms with van der Waals surface area (Å²) in [7, 11) is 0. The molecule has 2 N–H and O–H groups in total. The van der Waals surface area contributed by atoms with E-state index in [4.69, 9.17) is 10.5 Å². The van der Waals surface area contributed by atoms with Crippen molar-refractivity contribution in [3.05, 3.63) is 59.7 Å². The molecular weight excluding hydrogens is 360 g/mol. The minimum absolute atomic E-state index is 0.118. The number of hydrogen-bond donors (Lipinski definition) is 1. The van der Waals surface area contributed by atoms with Crippen LogP contribution in [0.3, 0.4) is 0 Å². The van der Waals surface area contributed by atoms with Crippen LogP contribution in [0.5, 0.6) is 0 Å². The summed E-state index contributed by atoms with van der Waals surface area (Å²) in [6.45, 7) is 0. The summed E-state index contributed by atoms with van der Waals surface area (Å²) in [4.78, 5) is 25.3. The average Bonchev–Trinajstić information content (AvgIpc) is 2.69. The maximum Gasteiger partial charge on any atom is 0.323 e. The lowest BCUT2D eigenvalue weighted by molar-refractivity contribution is -0.145. The molecule has 1 aliphatic rings. The zero-order valence-electron chi connectivity index (χ0n) is 12.2. The van der Waals surface area contributed by atoms with Gasteiger partial charge in [-0.2, -0.15) is 0 Å². The molecule has 0 saturated carbocycles. The summed E-state index contributed by atoms with van der Waals surface area (Å²) < 4.78 is 5.57.